The Morgan fingerprint density at radius 1 is 1.71 bits per heavy atom. The highest BCUT2D eigenvalue weighted by molar-refractivity contribution is 5.83. The molecule has 5 nitrogen and oxygen atoms in total. The maximum absolute atomic E-state index is 11.3. The molecular weight excluding hydrogens is 184 g/mol. The summed E-state index contributed by atoms with van der Waals surface area (Å²) in [4.78, 5) is 23.8. The number of carbonyl (C=O) groups excluding carboxylic acids is 2. The Morgan fingerprint density at radius 2 is 2.29 bits per heavy atom. The molecule has 1 saturated heterocycles. The lowest BCUT2D eigenvalue weighted by atomic mass is 9.92. The van der Waals surface area contributed by atoms with Gasteiger partial charge >= 0.3 is 0 Å². The number of aliphatic hydroxyl groups is 1. The first kappa shape index (κ1) is 11.0. The second-order valence-electron chi connectivity index (χ2n) is 4.38. The monoisotopic (exact) mass is 200 g/mol. The van der Waals surface area contributed by atoms with E-state index in [9.17, 15) is 14.7 Å². The van der Waals surface area contributed by atoms with Crippen LogP contribution in [-0.4, -0.2) is 41.0 Å². The van der Waals surface area contributed by atoms with Crippen LogP contribution in [-0.2, 0) is 9.59 Å². The molecular formula is C9H16N2O3. The van der Waals surface area contributed by atoms with Crippen LogP contribution in [0.3, 0.4) is 0 Å². The summed E-state index contributed by atoms with van der Waals surface area (Å²) in [6, 6.07) is 0. The minimum Gasteiger partial charge on any atom is -0.391 e. The first-order valence-corrected chi connectivity index (χ1v) is 4.58. The number of carbonyl (C=O) groups is 2. The van der Waals surface area contributed by atoms with Gasteiger partial charge in [0.25, 0.3) is 0 Å². The van der Waals surface area contributed by atoms with Crippen LogP contribution in [0.25, 0.3) is 0 Å². The number of hydrogen-bond acceptors (Lipinski definition) is 3. The molecule has 1 aliphatic heterocycles. The van der Waals surface area contributed by atoms with E-state index in [0.29, 0.717) is 6.54 Å². The number of nitrogens with two attached hydrogens (primary N) is 1. The largest absolute Gasteiger partial charge is 0.391 e. The molecule has 1 unspecified atom stereocenters. The van der Waals surface area contributed by atoms with Crippen molar-refractivity contribution in [3.05, 3.63) is 0 Å². The number of nitrogens with zero attached hydrogens (tertiary/aromatic N) is 1. The summed E-state index contributed by atoms with van der Waals surface area (Å²) in [5, 5.41) is 9.23. The third kappa shape index (κ3) is 2.23. The van der Waals surface area contributed by atoms with Gasteiger partial charge in [-0.25, -0.2) is 0 Å². The van der Waals surface area contributed by atoms with E-state index in [0.717, 1.165) is 0 Å². The lowest BCUT2D eigenvalue weighted by Gasteiger charge is -2.27. The van der Waals surface area contributed by atoms with E-state index in [1.54, 1.807) is 13.8 Å². The Labute approximate surface area is 82.9 Å². The van der Waals surface area contributed by atoms with Crippen molar-refractivity contribution in [2.24, 2.45) is 11.1 Å². The molecule has 1 aliphatic rings. The van der Waals surface area contributed by atoms with Crippen LogP contribution >= 0.6 is 0 Å². The molecule has 5 heteroatoms. The number of hydrogen-bond donors (Lipinski definition) is 2. The Kier molecular flexibility index (Phi) is 2.80. The van der Waals surface area contributed by atoms with E-state index >= 15 is 0 Å². The first-order valence-electron chi connectivity index (χ1n) is 4.58. The third-order valence-corrected chi connectivity index (χ3v) is 2.45. The molecule has 0 aromatic carbocycles. The van der Waals surface area contributed by atoms with Crippen LogP contribution in [0.2, 0.25) is 0 Å². The van der Waals surface area contributed by atoms with Crippen molar-refractivity contribution in [2.45, 2.75) is 26.4 Å². The summed E-state index contributed by atoms with van der Waals surface area (Å²) in [5.41, 5.74) is 4.45. The van der Waals surface area contributed by atoms with Gasteiger partial charge < -0.3 is 15.7 Å². The fourth-order valence-electron chi connectivity index (χ4n) is 1.46. The highest BCUT2D eigenvalue weighted by Crippen LogP contribution is 2.20. The maximum atomic E-state index is 11.3. The zero-order chi connectivity index (χ0) is 10.9. The molecule has 0 aromatic heterocycles. The highest BCUT2D eigenvalue weighted by Gasteiger charge is 2.35. The van der Waals surface area contributed by atoms with Crippen LogP contribution in [0.15, 0.2) is 0 Å². The van der Waals surface area contributed by atoms with Gasteiger partial charge in [0.1, 0.15) is 0 Å². The van der Waals surface area contributed by atoms with E-state index in [4.69, 9.17) is 5.73 Å². The number of amides is 2. The Bertz CT molecular complexity index is 263. The maximum Gasteiger partial charge on any atom is 0.225 e. The number of aliphatic hydroxyl groups excluding tert-OH is 1. The van der Waals surface area contributed by atoms with Gasteiger partial charge in [-0.3, -0.25) is 9.59 Å². The molecule has 0 radical (unpaired) electrons. The second-order valence-corrected chi connectivity index (χ2v) is 4.38. The molecule has 0 spiro atoms. The van der Waals surface area contributed by atoms with Crippen molar-refractivity contribution in [1.29, 1.82) is 0 Å². The summed E-state index contributed by atoms with van der Waals surface area (Å²) in [6.45, 7) is 3.95. The molecule has 3 N–H and O–H groups in total. The van der Waals surface area contributed by atoms with Gasteiger partial charge in [0.15, 0.2) is 0 Å². The second kappa shape index (κ2) is 3.57. The van der Waals surface area contributed by atoms with E-state index in [1.165, 1.54) is 4.90 Å². The van der Waals surface area contributed by atoms with Crippen molar-refractivity contribution in [3.8, 4) is 0 Å². The molecule has 1 heterocycles. The first-order chi connectivity index (χ1) is 6.33. The van der Waals surface area contributed by atoms with Gasteiger partial charge in [-0.1, -0.05) is 0 Å². The van der Waals surface area contributed by atoms with Crippen LogP contribution < -0.4 is 5.73 Å². The molecule has 0 bridgehead atoms. The van der Waals surface area contributed by atoms with E-state index in [1.807, 2.05) is 0 Å². The number of β-amino-alcohol motifs (C(OH)–C–C–N with tert-alkyl or cyclic N) is 1. The predicted octanol–water partition coefficient (Wildman–Crippen LogP) is -0.909. The average Bonchev–Trinajstić information content (AvgIpc) is 2.29. The fraction of sp³-hybridized carbons (Fsp3) is 0.778. The van der Waals surface area contributed by atoms with E-state index < -0.39 is 17.4 Å². The average molecular weight is 200 g/mol. The van der Waals surface area contributed by atoms with Gasteiger partial charge in [0.2, 0.25) is 11.8 Å². The summed E-state index contributed by atoms with van der Waals surface area (Å²) in [6.07, 6.45) is -0.458. The van der Waals surface area contributed by atoms with Crippen LogP contribution in [0.5, 0.6) is 0 Å². The Balaban J connectivity index is 2.61. The quantitative estimate of drug-likeness (QED) is 0.618. The molecule has 0 aliphatic carbocycles. The summed E-state index contributed by atoms with van der Waals surface area (Å²) < 4.78 is 0. The van der Waals surface area contributed by atoms with Gasteiger partial charge in [-0.2, -0.15) is 0 Å². The minimum absolute atomic E-state index is 0.119. The van der Waals surface area contributed by atoms with Crippen molar-refractivity contribution < 1.29 is 14.7 Å². The summed E-state index contributed by atoms with van der Waals surface area (Å²) in [5.74, 6) is -0.557. The molecule has 1 fully saturated rings. The molecule has 0 saturated carbocycles. The predicted molar refractivity (Wildman–Crippen MR) is 50.2 cm³/mol. The number of primary amides is 1. The molecule has 80 valence electrons. The summed E-state index contributed by atoms with van der Waals surface area (Å²) in [7, 11) is 0. The van der Waals surface area contributed by atoms with Gasteiger partial charge in [-0.15, -0.1) is 0 Å². The molecule has 1 rings (SSSR count). The van der Waals surface area contributed by atoms with Crippen LogP contribution in [0.4, 0.5) is 0 Å². The third-order valence-electron chi connectivity index (χ3n) is 2.45. The topological polar surface area (TPSA) is 83.6 Å². The SMILES string of the molecule is CC(C)(CN1CC(O)CC1=O)C(N)=O. The van der Waals surface area contributed by atoms with Crippen molar-refractivity contribution in [2.75, 3.05) is 13.1 Å². The summed E-state index contributed by atoms with van der Waals surface area (Å²) >= 11 is 0. The van der Waals surface area contributed by atoms with Crippen molar-refractivity contribution >= 4 is 11.8 Å². The fourth-order valence-corrected chi connectivity index (χ4v) is 1.46. The Morgan fingerprint density at radius 3 is 2.64 bits per heavy atom. The van der Waals surface area contributed by atoms with Gasteiger partial charge in [0.05, 0.1) is 17.9 Å². The standard InChI is InChI=1S/C9H16N2O3/c1-9(2,8(10)14)5-11-4-6(12)3-7(11)13/h6,12H,3-5H2,1-2H3,(H2,10,14). The molecule has 1 atom stereocenters. The van der Waals surface area contributed by atoms with E-state index in [2.05, 4.69) is 0 Å². The normalized spacial score (nSPS) is 22.9. The molecule has 14 heavy (non-hydrogen) atoms. The smallest absolute Gasteiger partial charge is 0.225 e. The molecule has 2 amide bonds. The molecule has 0 aromatic rings. The highest BCUT2D eigenvalue weighted by atomic mass is 16.3. The number of rotatable bonds is 3. The van der Waals surface area contributed by atoms with E-state index in [-0.39, 0.29) is 18.9 Å². The lowest BCUT2D eigenvalue weighted by Crippen LogP contribution is -2.43. The zero-order valence-corrected chi connectivity index (χ0v) is 8.49. The Hall–Kier alpha value is -1.10. The van der Waals surface area contributed by atoms with Crippen molar-refractivity contribution in [3.63, 3.8) is 0 Å². The van der Waals surface area contributed by atoms with Crippen LogP contribution in [0.1, 0.15) is 20.3 Å². The minimum atomic E-state index is -0.736. The lowest BCUT2D eigenvalue weighted by molar-refractivity contribution is -0.132. The van der Waals surface area contributed by atoms with Crippen molar-refractivity contribution in [1.82, 2.24) is 4.90 Å². The van der Waals surface area contributed by atoms with Gasteiger partial charge in [0, 0.05) is 13.1 Å². The van der Waals surface area contributed by atoms with Gasteiger partial charge in [-0.05, 0) is 13.8 Å². The number of likely N-dealkylation sites (tertiary alicyclic amines) is 1. The van der Waals surface area contributed by atoms with Crippen LogP contribution in [0, 0.1) is 5.41 Å². The zero-order valence-electron chi connectivity index (χ0n) is 8.49.